The van der Waals surface area contributed by atoms with Gasteiger partial charge in [-0.25, -0.2) is 0 Å². The van der Waals surface area contributed by atoms with Crippen LogP contribution >= 0.6 is 23.5 Å². The molecule has 0 spiro atoms. The Kier molecular flexibility index (Phi) is 22.1. The van der Waals surface area contributed by atoms with Crippen molar-refractivity contribution in [3.63, 3.8) is 0 Å². The van der Waals surface area contributed by atoms with Gasteiger partial charge in [0.15, 0.2) is 0 Å². The Morgan fingerprint density at radius 2 is 0.824 bits per heavy atom. The standard InChI is InChI=1S/C56H76N10O6S2/c1-55(2,3)37-29-43(49(73-26-22-59)45(31-37)65-53(69)41-33-39(61)16-18-47(41)71-24-11-7-9-20-57)63-51(67)35-14-13-15-36(28-35)52(68)64-44-30-38(56(4,5)6)32-46(50(44)74-27-23-60)66-54(70)42-34-40(62)17-19-48(42)72-25-12-8-10-21-58/h13-19,28-34H,7-12,20-27,57-62H2,1-6H3,(H,63,67)(H,64,68)(H,65,69)(H,66,70). The molecule has 4 amide bonds. The predicted octanol–water partition coefficient (Wildman–Crippen LogP) is 9.57. The largest absolute Gasteiger partial charge is 0.493 e. The first kappa shape index (κ1) is 58.6. The highest BCUT2D eigenvalue weighted by atomic mass is 32.2. The van der Waals surface area contributed by atoms with Gasteiger partial charge in [-0.2, -0.15) is 0 Å². The summed E-state index contributed by atoms with van der Waals surface area (Å²) in [7, 11) is 0. The SMILES string of the molecule is CC(C)(C)c1cc(NC(=O)c2cccc(C(=O)Nc3cc(C(C)(C)C)cc(NC(=O)c4cc(N)ccc4OCCCCCN)c3SCCN)c2)c(SCCN)c(NC(=O)c2cc(N)ccc2OCCCCCN)c1. The fraction of sp³-hybridized carbons (Fsp3) is 0.393. The summed E-state index contributed by atoms with van der Waals surface area (Å²) in [6.45, 7) is 14.9. The van der Waals surface area contributed by atoms with Crippen molar-refractivity contribution in [3.05, 3.63) is 118 Å². The number of amides is 4. The van der Waals surface area contributed by atoms with Gasteiger partial charge in [-0.15, -0.1) is 23.5 Å². The molecule has 5 aromatic rings. The van der Waals surface area contributed by atoms with E-state index in [2.05, 4.69) is 21.3 Å². The minimum Gasteiger partial charge on any atom is -0.493 e. The first-order valence-electron chi connectivity index (χ1n) is 25.1. The minimum absolute atomic E-state index is 0.209. The quantitative estimate of drug-likeness (QED) is 0.0140. The van der Waals surface area contributed by atoms with Crippen LogP contribution in [0.4, 0.5) is 34.1 Å². The summed E-state index contributed by atoms with van der Waals surface area (Å²) in [5.74, 6) is -0.118. The van der Waals surface area contributed by atoms with Crippen LogP contribution in [0.2, 0.25) is 0 Å². The van der Waals surface area contributed by atoms with Crippen LogP contribution in [0.5, 0.6) is 11.5 Å². The van der Waals surface area contributed by atoms with E-state index in [9.17, 15) is 19.2 Å². The summed E-state index contributed by atoms with van der Waals surface area (Å²) in [5, 5.41) is 12.4. The number of unbranched alkanes of at least 4 members (excludes halogenated alkanes) is 4. The zero-order chi connectivity index (χ0) is 54.0. The fourth-order valence-electron chi connectivity index (χ4n) is 7.61. The summed E-state index contributed by atoms with van der Waals surface area (Å²) in [4.78, 5) is 58.3. The first-order chi connectivity index (χ1) is 35.3. The predicted molar refractivity (Wildman–Crippen MR) is 307 cm³/mol. The van der Waals surface area contributed by atoms with Crippen molar-refractivity contribution in [2.45, 2.75) is 101 Å². The van der Waals surface area contributed by atoms with E-state index in [-0.39, 0.29) is 22.3 Å². The smallest absolute Gasteiger partial charge is 0.259 e. The number of nitrogens with two attached hydrogens (primary N) is 6. The maximum atomic E-state index is 14.4. The second kappa shape index (κ2) is 27.9. The highest BCUT2D eigenvalue weighted by Crippen LogP contribution is 2.42. The van der Waals surface area contributed by atoms with Crippen LogP contribution in [0.15, 0.2) is 94.7 Å². The summed E-state index contributed by atoms with van der Waals surface area (Å²) in [6.07, 6.45) is 5.09. The number of nitrogens with one attached hydrogen (secondary N) is 4. The molecule has 0 fully saturated rings. The van der Waals surface area contributed by atoms with Gasteiger partial charge in [-0.1, -0.05) is 47.6 Å². The Morgan fingerprint density at radius 3 is 1.16 bits per heavy atom. The number of carbonyl (C=O) groups is 4. The molecule has 0 saturated carbocycles. The average molecular weight is 1050 g/mol. The molecular formula is C56H76N10O6S2. The van der Waals surface area contributed by atoms with Gasteiger partial charge in [-0.05, 0) is 152 Å². The molecule has 0 aliphatic carbocycles. The van der Waals surface area contributed by atoms with Gasteiger partial charge in [0.1, 0.15) is 11.5 Å². The molecule has 0 atom stereocenters. The van der Waals surface area contributed by atoms with Crippen molar-refractivity contribution in [1.82, 2.24) is 0 Å². The van der Waals surface area contributed by atoms with E-state index >= 15 is 0 Å². The molecule has 0 saturated heterocycles. The second-order valence-electron chi connectivity index (χ2n) is 19.9. The number of anilines is 6. The van der Waals surface area contributed by atoms with Gasteiger partial charge in [0.05, 0.1) is 56.9 Å². The average Bonchev–Trinajstić information content (AvgIpc) is 3.35. The number of benzene rings is 5. The lowest BCUT2D eigenvalue weighted by Gasteiger charge is -2.25. The highest BCUT2D eigenvalue weighted by Gasteiger charge is 2.26. The molecule has 5 aromatic carbocycles. The van der Waals surface area contributed by atoms with Crippen LogP contribution in [0.3, 0.4) is 0 Å². The van der Waals surface area contributed by atoms with Gasteiger partial charge < -0.3 is 65.1 Å². The number of rotatable bonds is 26. The molecule has 16 nitrogen and oxygen atoms in total. The van der Waals surface area contributed by atoms with E-state index in [1.54, 1.807) is 54.6 Å². The molecular weight excluding hydrogens is 973 g/mol. The molecule has 0 radical (unpaired) electrons. The van der Waals surface area contributed by atoms with E-state index in [0.29, 0.717) is 106 Å². The summed E-state index contributed by atoms with van der Waals surface area (Å²) in [6, 6.07) is 23.9. The Morgan fingerprint density at radius 1 is 0.459 bits per heavy atom. The highest BCUT2D eigenvalue weighted by molar-refractivity contribution is 7.99. The topological polar surface area (TPSA) is 291 Å². The molecule has 0 heterocycles. The Bertz CT molecular complexity index is 2560. The lowest BCUT2D eigenvalue weighted by atomic mass is 9.86. The first-order valence-corrected chi connectivity index (χ1v) is 27.1. The van der Waals surface area contributed by atoms with E-state index in [4.69, 9.17) is 43.9 Å². The van der Waals surface area contributed by atoms with Gasteiger partial charge >= 0.3 is 0 Å². The number of nitrogen functional groups attached to an aromatic ring is 2. The molecule has 398 valence electrons. The minimum atomic E-state index is -0.488. The van der Waals surface area contributed by atoms with Gasteiger partial charge in [0, 0.05) is 47.1 Å². The van der Waals surface area contributed by atoms with Crippen LogP contribution in [0.25, 0.3) is 0 Å². The number of hydrogen-bond donors (Lipinski definition) is 10. The van der Waals surface area contributed by atoms with Crippen molar-refractivity contribution in [3.8, 4) is 11.5 Å². The van der Waals surface area contributed by atoms with Crippen LogP contribution in [0.1, 0.15) is 133 Å². The van der Waals surface area contributed by atoms with Crippen LogP contribution < -0.4 is 65.1 Å². The Hall–Kier alpha value is -6.28. The third-order valence-corrected chi connectivity index (χ3v) is 14.1. The second-order valence-corrected chi connectivity index (χ2v) is 22.1. The lowest BCUT2D eigenvalue weighted by Crippen LogP contribution is -2.20. The van der Waals surface area contributed by atoms with Crippen molar-refractivity contribution in [1.29, 1.82) is 0 Å². The van der Waals surface area contributed by atoms with Crippen molar-refractivity contribution in [2.24, 2.45) is 22.9 Å². The van der Waals surface area contributed by atoms with Gasteiger partial charge in [0.2, 0.25) is 0 Å². The normalized spacial score (nSPS) is 11.5. The maximum absolute atomic E-state index is 14.4. The summed E-state index contributed by atoms with van der Waals surface area (Å²) < 4.78 is 12.1. The number of thioether (sulfide) groups is 2. The lowest BCUT2D eigenvalue weighted by molar-refractivity contribution is 0.101. The van der Waals surface area contributed by atoms with Crippen molar-refractivity contribution >= 4 is 81.3 Å². The zero-order valence-electron chi connectivity index (χ0n) is 43.7. The molecule has 0 bridgehead atoms. The van der Waals surface area contributed by atoms with E-state index in [1.165, 1.54) is 29.6 Å². The van der Waals surface area contributed by atoms with E-state index in [1.807, 2.05) is 65.8 Å². The van der Waals surface area contributed by atoms with E-state index < -0.39 is 34.5 Å². The summed E-state index contributed by atoms with van der Waals surface area (Å²) in [5.41, 5.74) is 40.1. The third kappa shape index (κ3) is 16.9. The molecule has 5 rings (SSSR count). The molecule has 0 unspecified atom stereocenters. The zero-order valence-corrected chi connectivity index (χ0v) is 45.3. The number of carbonyl (C=O) groups excluding carboxylic acids is 4. The summed E-state index contributed by atoms with van der Waals surface area (Å²) >= 11 is 2.78. The number of hydrogen-bond acceptors (Lipinski definition) is 14. The maximum Gasteiger partial charge on any atom is 0.259 e. The molecule has 0 aromatic heterocycles. The third-order valence-electron chi connectivity index (χ3n) is 11.7. The number of ether oxygens (including phenoxy) is 2. The molecule has 0 aliphatic rings. The van der Waals surface area contributed by atoms with Crippen LogP contribution in [-0.2, 0) is 10.8 Å². The van der Waals surface area contributed by atoms with Gasteiger partial charge in [0.25, 0.3) is 23.6 Å². The van der Waals surface area contributed by atoms with Crippen molar-refractivity contribution < 1.29 is 28.7 Å². The Balaban J connectivity index is 1.47. The van der Waals surface area contributed by atoms with Crippen molar-refractivity contribution in [2.75, 3.05) is 83.6 Å². The molecule has 0 aliphatic heterocycles. The van der Waals surface area contributed by atoms with Crippen LogP contribution in [0, 0.1) is 0 Å². The molecule has 18 heteroatoms. The van der Waals surface area contributed by atoms with Crippen LogP contribution in [-0.4, -0.2) is 74.5 Å². The Labute approximate surface area is 445 Å². The molecule has 16 N–H and O–H groups in total. The molecule has 74 heavy (non-hydrogen) atoms. The fourth-order valence-corrected chi connectivity index (χ4v) is 9.32. The monoisotopic (exact) mass is 1050 g/mol. The van der Waals surface area contributed by atoms with E-state index in [0.717, 1.165) is 49.7 Å². The van der Waals surface area contributed by atoms with Gasteiger partial charge in [-0.3, -0.25) is 19.2 Å².